The highest BCUT2D eigenvalue weighted by Gasteiger charge is 2.28. The summed E-state index contributed by atoms with van der Waals surface area (Å²) >= 11 is 0. The van der Waals surface area contributed by atoms with E-state index < -0.39 is 0 Å². The molecule has 1 aliphatic carbocycles. The number of carbonyl (C=O) groups excluding carboxylic acids is 1. The maximum absolute atomic E-state index is 12.8. The standard InChI is InChI=1S/C18H25N5O3/c1-11(2)17-21-22(10-16(24)19-13-5-7-26-8-6-13)18(25)15-9-14(12-3-4-12)20-23(15)17/h9,11-13H,3-8,10H2,1-2H3,(H,19,24). The van der Waals surface area contributed by atoms with Gasteiger partial charge in [-0.15, -0.1) is 0 Å². The fraction of sp³-hybridized carbons (Fsp3) is 0.667. The summed E-state index contributed by atoms with van der Waals surface area (Å²) in [5, 5.41) is 12.0. The minimum absolute atomic E-state index is 0.0731. The van der Waals surface area contributed by atoms with Gasteiger partial charge in [-0.1, -0.05) is 13.8 Å². The number of hydrogen-bond donors (Lipinski definition) is 1. The van der Waals surface area contributed by atoms with Gasteiger partial charge >= 0.3 is 0 Å². The predicted octanol–water partition coefficient (Wildman–Crippen LogP) is 1.19. The van der Waals surface area contributed by atoms with Crippen molar-refractivity contribution in [2.24, 2.45) is 0 Å². The molecule has 8 heteroatoms. The van der Waals surface area contributed by atoms with Crippen molar-refractivity contribution in [1.82, 2.24) is 24.7 Å². The lowest BCUT2D eigenvalue weighted by molar-refractivity contribution is -0.123. The van der Waals surface area contributed by atoms with Gasteiger partial charge in [0.25, 0.3) is 5.56 Å². The number of aromatic nitrogens is 4. The number of nitrogens with zero attached hydrogens (tertiary/aromatic N) is 4. The van der Waals surface area contributed by atoms with Gasteiger partial charge in [-0.25, -0.2) is 9.20 Å². The third-order valence-corrected chi connectivity index (χ3v) is 5.01. The molecule has 2 aromatic rings. The van der Waals surface area contributed by atoms with Crippen molar-refractivity contribution in [2.75, 3.05) is 13.2 Å². The van der Waals surface area contributed by atoms with Crippen LogP contribution in [-0.2, 0) is 16.1 Å². The Labute approximate surface area is 151 Å². The van der Waals surface area contributed by atoms with E-state index in [9.17, 15) is 9.59 Å². The molecule has 1 amide bonds. The second-order valence-electron chi connectivity index (χ2n) is 7.57. The van der Waals surface area contributed by atoms with Gasteiger partial charge in [0.2, 0.25) is 5.91 Å². The second-order valence-corrected chi connectivity index (χ2v) is 7.57. The Bertz CT molecular complexity index is 875. The van der Waals surface area contributed by atoms with Crippen molar-refractivity contribution >= 4 is 11.4 Å². The molecule has 0 spiro atoms. The average Bonchev–Trinajstić information content (AvgIpc) is 3.37. The maximum atomic E-state index is 12.8. The van der Waals surface area contributed by atoms with Crippen molar-refractivity contribution in [1.29, 1.82) is 0 Å². The third kappa shape index (κ3) is 3.38. The van der Waals surface area contributed by atoms with Crippen molar-refractivity contribution in [3.63, 3.8) is 0 Å². The molecular formula is C18H25N5O3. The highest BCUT2D eigenvalue weighted by molar-refractivity contribution is 5.76. The number of fused-ring (bicyclic) bond motifs is 1. The lowest BCUT2D eigenvalue weighted by atomic mass is 10.1. The number of amides is 1. The van der Waals surface area contributed by atoms with Crippen LogP contribution in [-0.4, -0.2) is 44.6 Å². The molecule has 140 valence electrons. The molecule has 0 unspecified atom stereocenters. The summed E-state index contributed by atoms with van der Waals surface area (Å²) in [6.45, 7) is 5.27. The highest BCUT2D eigenvalue weighted by atomic mass is 16.5. The van der Waals surface area contributed by atoms with Gasteiger partial charge in [0.1, 0.15) is 12.1 Å². The van der Waals surface area contributed by atoms with Crippen LogP contribution in [0.1, 0.15) is 62.9 Å². The van der Waals surface area contributed by atoms with E-state index in [2.05, 4.69) is 15.5 Å². The van der Waals surface area contributed by atoms with Crippen LogP contribution < -0.4 is 10.9 Å². The Hall–Kier alpha value is -2.22. The Morgan fingerprint density at radius 1 is 1.27 bits per heavy atom. The summed E-state index contributed by atoms with van der Waals surface area (Å²) < 4.78 is 8.24. The first-order valence-electron chi connectivity index (χ1n) is 9.40. The first-order chi connectivity index (χ1) is 12.5. The van der Waals surface area contributed by atoms with E-state index >= 15 is 0 Å². The topological polar surface area (TPSA) is 90.5 Å². The van der Waals surface area contributed by atoms with Gasteiger partial charge in [-0.3, -0.25) is 9.59 Å². The van der Waals surface area contributed by atoms with E-state index in [1.54, 1.807) is 4.52 Å². The van der Waals surface area contributed by atoms with Crippen molar-refractivity contribution in [3.8, 4) is 0 Å². The Balaban J connectivity index is 1.62. The fourth-order valence-electron chi connectivity index (χ4n) is 3.37. The summed E-state index contributed by atoms with van der Waals surface area (Å²) in [6, 6.07) is 1.97. The van der Waals surface area contributed by atoms with Gasteiger partial charge in [0.05, 0.1) is 5.69 Å². The lowest BCUT2D eigenvalue weighted by Crippen LogP contribution is -2.42. The zero-order valence-corrected chi connectivity index (χ0v) is 15.3. The number of hydrogen-bond acceptors (Lipinski definition) is 5. The van der Waals surface area contributed by atoms with Crippen molar-refractivity contribution in [3.05, 3.63) is 27.9 Å². The van der Waals surface area contributed by atoms with Gasteiger partial charge in [0.15, 0.2) is 5.82 Å². The van der Waals surface area contributed by atoms with Gasteiger partial charge in [-0.05, 0) is 31.7 Å². The van der Waals surface area contributed by atoms with Crippen LogP contribution in [0.3, 0.4) is 0 Å². The molecule has 0 atom stereocenters. The van der Waals surface area contributed by atoms with Crippen LogP contribution in [0, 0.1) is 0 Å². The van der Waals surface area contributed by atoms with Crippen LogP contribution in [0.4, 0.5) is 0 Å². The molecule has 2 aliphatic rings. The van der Waals surface area contributed by atoms with Gasteiger partial charge in [0, 0.05) is 31.1 Å². The van der Waals surface area contributed by atoms with Gasteiger partial charge in [-0.2, -0.15) is 10.2 Å². The first kappa shape index (κ1) is 17.2. The molecule has 2 aromatic heterocycles. The summed E-state index contributed by atoms with van der Waals surface area (Å²) in [6.07, 6.45) is 3.85. The molecule has 1 N–H and O–H groups in total. The average molecular weight is 359 g/mol. The monoisotopic (exact) mass is 359 g/mol. The molecule has 26 heavy (non-hydrogen) atoms. The SMILES string of the molecule is CC(C)c1nn(CC(=O)NC2CCOCC2)c(=O)c2cc(C3CC3)nn12. The Morgan fingerprint density at radius 2 is 2.00 bits per heavy atom. The minimum Gasteiger partial charge on any atom is -0.381 e. The summed E-state index contributed by atoms with van der Waals surface area (Å²) in [5.41, 5.74) is 1.19. The van der Waals surface area contributed by atoms with Crippen LogP contribution >= 0.6 is 0 Å². The molecule has 0 aromatic carbocycles. The molecule has 4 rings (SSSR count). The van der Waals surface area contributed by atoms with E-state index in [1.807, 2.05) is 19.9 Å². The lowest BCUT2D eigenvalue weighted by Gasteiger charge is -2.23. The largest absolute Gasteiger partial charge is 0.381 e. The maximum Gasteiger partial charge on any atom is 0.293 e. The smallest absolute Gasteiger partial charge is 0.293 e. The Kier molecular flexibility index (Phi) is 4.52. The molecule has 3 heterocycles. The molecule has 2 fully saturated rings. The number of carbonyl (C=O) groups is 1. The van der Waals surface area contributed by atoms with E-state index in [0.29, 0.717) is 30.5 Å². The zero-order chi connectivity index (χ0) is 18.3. The normalized spacial score (nSPS) is 18.6. The predicted molar refractivity (Wildman–Crippen MR) is 95.3 cm³/mol. The van der Waals surface area contributed by atoms with E-state index in [1.165, 1.54) is 4.68 Å². The Morgan fingerprint density at radius 3 is 2.65 bits per heavy atom. The first-order valence-corrected chi connectivity index (χ1v) is 9.40. The fourth-order valence-corrected chi connectivity index (χ4v) is 3.37. The molecule has 1 saturated carbocycles. The molecule has 1 aliphatic heterocycles. The summed E-state index contributed by atoms with van der Waals surface area (Å²) in [7, 11) is 0. The number of rotatable bonds is 5. The van der Waals surface area contributed by atoms with Crippen molar-refractivity contribution in [2.45, 2.75) is 64.0 Å². The molecular weight excluding hydrogens is 334 g/mol. The van der Waals surface area contributed by atoms with Crippen LogP contribution in [0.15, 0.2) is 10.9 Å². The number of nitrogens with one attached hydrogen (secondary N) is 1. The zero-order valence-electron chi connectivity index (χ0n) is 15.3. The van der Waals surface area contributed by atoms with Crippen molar-refractivity contribution < 1.29 is 9.53 Å². The summed E-state index contributed by atoms with van der Waals surface area (Å²) in [5.74, 6) is 1.06. The summed E-state index contributed by atoms with van der Waals surface area (Å²) in [4.78, 5) is 25.2. The number of ether oxygens (including phenoxy) is 1. The quantitative estimate of drug-likeness (QED) is 0.866. The molecule has 8 nitrogen and oxygen atoms in total. The van der Waals surface area contributed by atoms with Crippen LogP contribution in [0.5, 0.6) is 0 Å². The highest BCUT2D eigenvalue weighted by Crippen LogP contribution is 2.39. The van der Waals surface area contributed by atoms with E-state index in [-0.39, 0.29) is 30.0 Å². The minimum atomic E-state index is -0.268. The second kappa shape index (κ2) is 6.83. The van der Waals surface area contributed by atoms with Crippen LogP contribution in [0.2, 0.25) is 0 Å². The molecule has 0 bridgehead atoms. The van der Waals surface area contributed by atoms with Gasteiger partial charge < -0.3 is 10.1 Å². The van der Waals surface area contributed by atoms with E-state index in [0.717, 1.165) is 31.4 Å². The van der Waals surface area contributed by atoms with Crippen LogP contribution in [0.25, 0.3) is 5.52 Å². The van der Waals surface area contributed by atoms with E-state index in [4.69, 9.17) is 4.74 Å². The molecule has 0 radical (unpaired) electrons. The third-order valence-electron chi connectivity index (χ3n) is 5.01. The molecule has 1 saturated heterocycles.